The Morgan fingerprint density at radius 1 is 1.33 bits per heavy atom. The molecular weight excluding hydrogens is 196 g/mol. The minimum absolute atomic E-state index is 0.0804. The van der Waals surface area contributed by atoms with Crippen LogP contribution in [0.15, 0.2) is 0 Å². The van der Waals surface area contributed by atoms with E-state index in [0.29, 0.717) is 25.3 Å². The molecule has 1 aliphatic heterocycles. The molecule has 1 fully saturated rings. The fraction of sp³-hybridized carbons (Fsp3) is 0.800. The van der Waals surface area contributed by atoms with Crippen LogP contribution in [0.5, 0.6) is 0 Å². The lowest BCUT2D eigenvalue weighted by molar-refractivity contribution is -0.137. The Bertz CT molecular complexity index is 227. The van der Waals surface area contributed by atoms with Gasteiger partial charge in [-0.25, -0.2) is 0 Å². The van der Waals surface area contributed by atoms with E-state index < -0.39 is 5.97 Å². The van der Waals surface area contributed by atoms with Crippen molar-refractivity contribution < 1.29 is 14.7 Å². The first-order valence-corrected chi connectivity index (χ1v) is 5.37. The monoisotopic (exact) mass is 214 g/mol. The summed E-state index contributed by atoms with van der Waals surface area (Å²) in [6.45, 7) is 2.46. The lowest BCUT2D eigenvalue weighted by atomic mass is 9.99. The van der Waals surface area contributed by atoms with Crippen LogP contribution in [0, 0.1) is 5.92 Å². The molecule has 0 atom stereocenters. The van der Waals surface area contributed by atoms with Crippen molar-refractivity contribution in [3.05, 3.63) is 0 Å². The van der Waals surface area contributed by atoms with Gasteiger partial charge in [0, 0.05) is 19.4 Å². The van der Waals surface area contributed by atoms with Gasteiger partial charge in [-0.3, -0.25) is 9.59 Å². The second kappa shape index (κ2) is 6.40. The van der Waals surface area contributed by atoms with Crippen molar-refractivity contribution >= 4 is 11.9 Å². The van der Waals surface area contributed by atoms with E-state index in [1.165, 1.54) is 0 Å². The Hall–Kier alpha value is -1.10. The Kier molecular flexibility index (Phi) is 5.10. The zero-order valence-corrected chi connectivity index (χ0v) is 8.79. The maximum atomic E-state index is 11.3. The Labute approximate surface area is 89.2 Å². The van der Waals surface area contributed by atoms with E-state index in [-0.39, 0.29) is 12.3 Å². The number of carboxylic acids is 1. The van der Waals surface area contributed by atoms with Gasteiger partial charge in [-0.05, 0) is 31.8 Å². The van der Waals surface area contributed by atoms with Gasteiger partial charge < -0.3 is 15.7 Å². The van der Waals surface area contributed by atoms with Crippen molar-refractivity contribution in [3.8, 4) is 0 Å². The first-order chi connectivity index (χ1) is 7.18. The van der Waals surface area contributed by atoms with Crippen LogP contribution in [0.3, 0.4) is 0 Å². The molecule has 1 rings (SSSR count). The van der Waals surface area contributed by atoms with E-state index in [1.54, 1.807) is 0 Å². The molecule has 0 aromatic rings. The number of amides is 1. The second-order valence-corrected chi connectivity index (χ2v) is 3.93. The minimum Gasteiger partial charge on any atom is -0.481 e. The average Bonchev–Trinajstić information content (AvgIpc) is 2.10. The molecule has 3 N–H and O–H groups in total. The van der Waals surface area contributed by atoms with Gasteiger partial charge in [0.05, 0.1) is 0 Å². The Balaban J connectivity index is 1.90. The smallest absolute Gasteiger partial charge is 0.303 e. The van der Waals surface area contributed by atoms with E-state index in [0.717, 1.165) is 19.5 Å². The van der Waals surface area contributed by atoms with Gasteiger partial charge >= 0.3 is 5.97 Å². The van der Waals surface area contributed by atoms with Crippen LogP contribution in [-0.4, -0.2) is 36.6 Å². The third-order valence-corrected chi connectivity index (χ3v) is 2.48. The molecule has 15 heavy (non-hydrogen) atoms. The van der Waals surface area contributed by atoms with E-state index in [2.05, 4.69) is 10.6 Å². The number of aliphatic carboxylic acids is 1. The second-order valence-electron chi connectivity index (χ2n) is 3.93. The average molecular weight is 214 g/mol. The summed E-state index contributed by atoms with van der Waals surface area (Å²) in [5.74, 6) is -0.206. The van der Waals surface area contributed by atoms with Crippen molar-refractivity contribution in [3.63, 3.8) is 0 Å². The lowest BCUT2D eigenvalue weighted by Gasteiger charge is -2.26. The van der Waals surface area contributed by atoms with Crippen molar-refractivity contribution in [2.24, 2.45) is 5.92 Å². The molecular formula is C10H18N2O3. The van der Waals surface area contributed by atoms with Gasteiger partial charge in [0.2, 0.25) is 5.91 Å². The van der Waals surface area contributed by atoms with Crippen LogP contribution in [0.4, 0.5) is 0 Å². The molecule has 0 radical (unpaired) electrons. The molecule has 1 amide bonds. The molecule has 5 heteroatoms. The summed E-state index contributed by atoms with van der Waals surface area (Å²) in [6.07, 6.45) is 2.13. The molecule has 86 valence electrons. The summed E-state index contributed by atoms with van der Waals surface area (Å²) in [6, 6.07) is 0. The molecule has 1 heterocycles. The molecule has 1 saturated heterocycles. The van der Waals surface area contributed by atoms with E-state index >= 15 is 0 Å². The first-order valence-electron chi connectivity index (χ1n) is 5.37. The molecule has 1 aliphatic rings. The lowest BCUT2D eigenvalue weighted by Crippen LogP contribution is -2.44. The van der Waals surface area contributed by atoms with Gasteiger partial charge in [0.1, 0.15) is 0 Å². The van der Waals surface area contributed by atoms with Crippen molar-refractivity contribution in [2.75, 3.05) is 19.6 Å². The van der Waals surface area contributed by atoms with Gasteiger partial charge in [0.25, 0.3) is 0 Å². The zero-order valence-electron chi connectivity index (χ0n) is 8.79. The fourth-order valence-electron chi connectivity index (χ4n) is 1.46. The van der Waals surface area contributed by atoms with Gasteiger partial charge in [-0.2, -0.15) is 0 Å². The molecule has 0 aliphatic carbocycles. The summed E-state index contributed by atoms with van der Waals surface area (Å²) in [4.78, 5) is 21.5. The molecule has 0 spiro atoms. The molecule has 0 aromatic carbocycles. The summed E-state index contributed by atoms with van der Waals surface area (Å²) >= 11 is 0. The predicted octanol–water partition coefficient (Wildman–Crippen LogP) is -0.0330. The summed E-state index contributed by atoms with van der Waals surface area (Å²) < 4.78 is 0. The number of nitrogens with one attached hydrogen (secondary N) is 2. The van der Waals surface area contributed by atoms with Crippen molar-refractivity contribution in [1.29, 1.82) is 0 Å². The van der Waals surface area contributed by atoms with Gasteiger partial charge in [-0.1, -0.05) is 0 Å². The summed E-state index contributed by atoms with van der Waals surface area (Å²) in [7, 11) is 0. The van der Waals surface area contributed by atoms with Crippen LogP contribution in [0.2, 0.25) is 0 Å². The predicted molar refractivity (Wildman–Crippen MR) is 55.5 cm³/mol. The van der Waals surface area contributed by atoms with E-state index in [9.17, 15) is 9.59 Å². The third kappa shape index (κ3) is 5.37. The molecule has 0 bridgehead atoms. The highest BCUT2D eigenvalue weighted by Crippen LogP contribution is 2.07. The summed E-state index contributed by atoms with van der Waals surface area (Å²) in [5.41, 5.74) is 0. The number of hydrogen-bond donors (Lipinski definition) is 3. The molecule has 5 nitrogen and oxygen atoms in total. The van der Waals surface area contributed by atoms with Crippen LogP contribution in [0.1, 0.15) is 25.7 Å². The highest BCUT2D eigenvalue weighted by molar-refractivity contribution is 5.76. The minimum atomic E-state index is -0.776. The van der Waals surface area contributed by atoms with Crippen LogP contribution in [-0.2, 0) is 9.59 Å². The normalized spacial score (nSPS) is 15.7. The summed E-state index contributed by atoms with van der Waals surface area (Å²) in [5, 5.41) is 14.3. The van der Waals surface area contributed by atoms with Crippen LogP contribution >= 0.6 is 0 Å². The van der Waals surface area contributed by atoms with Crippen LogP contribution < -0.4 is 10.6 Å². The first kappa shape index (κ1) is 12.0. The molecule has 0 aromatic heterocycles. The largest absolute Gasteiger partial charge is 0.481 e. The van der Waals surface area contributed by atoms with E-state index in [1.807, 2.05) is 0 Å². The maximum absolute atomic E-state index is 11.3. The number of carbonyl (C=O) groups is 2. The standard InChI is InChI=1S/C10H18N2O3/c13-9(5-8-6-11-7-8)12-4-2-1-3-10(14)15/h8,11H,1-7H2,(H,12,13)(H,14,15). The SMILES string of the molecule is O=C(O)CCCCNC(=O)CC1CNC1. The third-order valence-electron chi connectivity index (χ3n) is 2.48. The number of unbranched alkanes of at least 4 members (excludes halogenated alkanes) is 1. The highest BCUT2D eigenvalue weighted by atomic mass is 16.4. The van der Waals surface area contributed by atoms with Crippen LogP contribution in [0.25, 0.3) is 0 Å². The number of carboxylic acid groups (broad SMARTS) is 1. The fourth-order valence-corrected chi connectivity index (χ4v) is 1.46. The number of carbonyl (C=O) groups excluding carboxylic acids is 1. The quantitative estimate of drug-likeness (QED) is 0.520. The van der Waals surface area contributed by atoms with Gasteiger partial charge in [0.15, 0.2) is 0 Å². The molecule has 0 saturated carbocycles. The Morgan fingerprint density at radius 2 is 2.07 bits per heavy atom. The zero-order chi connectivity index (χ0) is 11.1. The highest BCUT2D eigenvalue weighted by Gasteiger charge is 2.19. The Morgan fingerprint density at radius 3 is 2.60 bits per heavy atom. The maximum Gasteiger partial charge on any atom is 0.303 e. The van der Waals surface area contributed by atoms with E-state index in [4.69, 9.17) is 5.11 Å². The van der Waals surface area contributed by atoms with Crippen molar-refractivity contribution in [2.45, 2.75) is 25.7 Å². The topological polar surface area (TPSA) is 78.4 Å². The number of rotatable bonds is 7. The molecule has 0 unspecified atom stereocenters. The van der Waals surface area contributed by atoms with Gasteiger partial charge in [-0.15, -0.1) is 0 Å². The van der Waals surface area contributed by atoms with Crippen molar-refractivity contribution in [1.82, 2.24) is 10.6 Å². The number of hydrogen-bond acceptors (Lipinski definition) is 3.